The lowest BCUT2D eigenvalue weighted by atomic mass is 10.4. The van der Waals surface area contributed by atoms with E-state index in [0.717, 1.165) is 0 Å². The number of carbonyl (C=O) groups excluding carboxylic acids is 2. The van der Waals surface area contributed by atoms with Crippen molar-refractivity contribution in [3.63, 3.8) is 0 Å². The van der Waals surface area contributed by atoms with Crippen molar-refractivity contribution in [1.82, 2.24) is 0 Å². The Bertz CT molecular complexity index is 141. The lowest BCUT2D eigenvalue weighted by Crippen LogP contribution is -2.23. The van der Waals surface area contributed by atoms with Gasteiger partial charge in [-0.2, -0.15) is 0 Å². The quantitative estimate of drug-likeness (QED) is 0.411. The summed E-state index contributed by atoms with van der Waals surface area (Å²) < 4.78 is 8.79. The second-order valence-electron chi connectivity index (χ2n) is 1.77. The average molecular weight is 147 g/mol. The Morgan fingerprint density at radius 2 is 1.90 bits per heavy atom. The third-order valence-electron chi connectivity index (χ3n) is 0.876. The van der Waals surface area contributed by atoms with Crippen LogP contribution in [-0.2, 0) is 19.1 Å². The van der Waals surface area contributed by atoms with E-state index in [1.165, 1.54) is 21.0 Å². The van der Waals surface area contributed by atoms with Crippen molar-refractivity contribution in [3.8, 4) is 0 Å². The number of carbonyl (C=O) groups is 2. The number of esters is 2. The minimum atomic E-state index is -0.803. The van der Waals surface area contributed by atoms with Gasteiger partial charge in [0.25, 0.3) is 0 Å². The summed E-state index contributed by atoms with van der Waals surface area (Å²) in [6.45, 7) is 2.69. The van der Waals surface area contributed by atoms with Gasteiger partial charge in [0.2, 0.25) is 0 Å². The van der Waals surface area contributed by atoms with Gasteiger partial charge in [-0.1, -0.05) is 0 Å². The molecular formula is C6H10O4. The molecule has 0 aromatic rings. The summed E-state index contributed by atoms with van der Waals surface area (Å²) in [6, 6.07) is 0. The zero-order chi connectivity index (χ0) is 8.15. The highest BCUT2D eigenvalue weighted by molar-refractivity contribution is 5.77. The number of hydrogen-bond donors (Lipinski definition) is 0. The van der Waals surface area contributed by atoms with E-state index in [4.69, 9.17) is 0 Å². The molecule has 0 spiro atoms. The van der Waals surface area contributed by atoms with Gasteiger partial charge in [-0.15, -0.1) is 0 Å². The first-order chi connectivity index (χ1) is 4.57. The molecule has 10 heavy (non-hydrogen) atoms. The van der Waals surface area contributed by atoms with E-state index in [9.17, 15) is 9.59 Å². The molecule has 0 unspecified atom stereocenters. The first kappa shape index (κ1) is 8.94. The van der Waals surface area contributed by atoms with Crippen molar-refractivity contribution in [3.05, 3.63) is 0 Å². The number of ether oxygens (including phenoxy) is 2. The SMILES string of the molecule is COC(=O)[C@H](C)O[13C](C)=O. The van der Waals surface area contributed by atoms with Gasteiger partial charge in [-0.25, -0.2) is 4.79 Å². The van der Waals surface area contributed by atoms with Gasteiger partial charge in [0.1, 0.15) is 0 Å². The second kappa shape index (κ2) is 3.87. The maximum atomic E-state index is 10.5. The van der Waals surface area contributed by atoms with Gasteiger partial charge in [-0.3, -0.25) is 4.79 Å². The van der Waals surface area contributed by atoms with Gasteiger partial charge in [0.15, 0.2) is 6.10 Å². The Morgan fingerprint density at radius 3 is 2.20 bits per heavy atom. The fraction of sp³-hybridized carbons (Fsp3) is 0.667. The van der Waals surface area contributed by atoms with Crippen molar-refractivity contribution in [2.45, 2.75) is 20.0 Å². The van der Waals surface area contributed by atoms with Gasteiger partial charge < -0.3 is 9.47 Å². The van der Waals surface area contributed by atoms with Crippen LogP contribution in [0.15, 0.2) is 0 Å². The molecule has 0 saturated heterocycles. The van der Waals surface area contributed by atoms with Crippen molar-refractivity contribution >= 4 is 11.9 Å². The van der Waals surface area contributed by atoms with Crippen LogP contribution in [0.4, 0.5) is 0 Å². The first-order valence-corrected chi connectivity index (χ1v) is 2.83. The molecule has 0 bridgehead atoms. The van der Waals surface area contributed by atoms with E-state index >= 15 is 0 Å². The summed E-state index contributed by atoms with van der Waals surface area (Å²) in [4.78, 5) is 20.8. The molecule has 0 aromatic carbocycles. The molecule has 0 aliphatic carbocycles. The average Bonchev–Trinajstić information content (AvgIpc) is 1.85. The lowest BCUT2D eigenvalue weighted by molar-refractivity contribution is -0.163. The molecule has 0 N–H and O–H groups in total. The van der Waals surface area contributed by atoms with Gasteiger partial charge in [0.05, 0.1) is 7.11 Å². The Labute approximate surface area is 59.1 Å². The highest BCUT2D eigenvalue weighted by Crippen LogP contribution is 1.92. The van der Waals surface area contributed by atoms with Crippen LogP contribution in [0.5, 0.6) is 0 Å². The molecule has 0 aromatic heterocycles. The van der Waals surface area contributed by atoms with E-state index in [1.807, 2.05) is 0 Å². The number of rotatable bonds is 2. The fourth-order valence-corrected chi connectivity index (χ4v) is 0.463. The summed E-state index contributed by atoms with van der Waals surface area (Å²) in [5, 5.41) is 0. The van der Waals surface area contributed by atoms with Crippen LogP contribution < -0.4 is 0 Å². The Morgan fingerprint density at radius 1 is 1.40 bits per heavy atom. The minimum absolute atomic E-state index is 0.488. The largest absolute Gasteiger partial charge is 0.466 e. The van der Waals surface area contributed by atoms with Crippen LogP contribution in [0.1, 0.15) is 13.8 Å². The predicted molar refractivity (Wildman–Crippen MR) is 33.2 cm³/mol. The molecule has 0 heterocycles. The van der Waals surface area contributed by atoms with Crippen LogP contribution in [0.2, 0.25) is 0 Å². The van der Waals surface area contributed by atoms with E-state index < -0.39 is 18.0 Å². The van der Waals surface area contributed by atoms with E-state index in [0.29, 0.717) is 0 Å². The zero-order valence-corrected chi connectivity index (χ0v) is 6.21. The van der Waals surface area contributed by atoms with Crippen LogP contribution in [0.3, 0.4) is 0 Å². The normalized spacial score (nSPS) is 11.9. The standard InChI is InChI=1S/C6H10O4/c1-4(6(8)9-3)10-5(2)7/h4H,1-3H3/t4-/m0/s1/i5+1. The van der Waals surface area contributed by atoms with E-state index in [-0.39, 0.29) is 0 Å². The van der Waals surface area contributed by atoms with Gasteiger partial charge >= 0.3 is 11.9 Å². The molecule has 58 valence electrons. The molecule has 4 nitrogen and oxygen atoms in total. The minimum Gasteiger partial charge on any atom is -0.466 e. The van der Waals surface area contributed by atoms with Crippen molar-refractivity contribution in [2.24, 2.45) is 0 Å². The molecule has 0 aliphatic rings. The van der Waals surface area contributed by atoms with Gasteiger partial charge in [-0.05, 0) is 6.92 Å². The highest BCUT2D eigenvalue weighted by atomic mass is 16.6. The van der Waals surface area contributed by atoms with Crippen molar-refractivity contribution in [2.75, 3.05) is 7.11 Å². The van der Waals surface area contributed by atoms with Crippen LogP contribution in [0, 0.1) is 0 Å². The summed E-state index contributed by atoms with van der Waals surface area (Å²) in [5.74, 6) is -1.03. The first-order valence-electron chi connectivity index (χ1n) is 2.83. The molecule has 0 fully saturated rings. The topological polar surface area (TPSA) is 52.6 Å². The lowest BCUT2D eigenvalue weighted by Gasteiger charge is -2.07. The molecule has 0 saturated carbocycles. The molecule has 0 rings (SSSR count). The summed E-state index contributed by atoms with van der Waals surface area (Å²) in [5.41, 5.74) is 0. The number of hydrogen-bond acceptors (Lipinski definition) is 4. The van der Waals surface area contributed by atoms with Gasteiger partial charge in [0, 0.05) is 6.92 Å². The predicted octanol–water partition coefficient (Wildman–Crippen LogP) is 0.111. The van der Waals surface area contributed by atoms with Crippen LogP contribution in [-0.4, -0.2) is 25.2 Å². The van der Waals surface area contributed by atoms with Crippen LogP contribution in [0.25, 0.3) is 0 Å². The maximum Gasteiger partial charge on any atom is 0.346 e. The monoisotopic (exact) mass is 147 g/mol. The Balaban J connectivity index is 3.72. The fourth-order valence-electron chi connectivity index (χ4n) is 0.463. The maximum absolute atomic E-state index is 10.5. The third kappa shape index (κ3) is 3.06. The smallest absolute Gasteiger partial charge is 0.346 e. The number of methoxy groups -OCH3 is 1. The molecule has 0 amide bonds. The molecule has 4 heteroatoms. The van der Waals surface area contributed by atoms with E-state index in [1.54, 1.807) is 0 Å². The zero-order valence-electron chi connectivity index (χ0n) is 6.21. The van der Waals surface area contributed by atoms with Crippen LogP contribution >= 0.6 is 0 Å². The Hall–Kier alpha value is -1.06. The summed E-state index contributed by atoms with van der Waals surface area (Å²) >= 11 is 0. The van der Waals surface area contributed by atoms with E-state index in [2.05, 4.69) is 9.47 Å². The highest BCUT2D eigenvalue weighted by Gasteiger charge is 2.14. The molecule has 0 aliphatic heterocycles. The third-order valence-corrected chi connectivity index (χ3v) is 0.876. The van der Waals surface area contributed by atoms with Crippen molar-refractivity contribution < 1.29 is 19.1 Å². The summed E-state index contributed by atoms with van der Waals surface area (Å²) in [7, 11) is 1.24. The molecule has 0 radical (unpaired) electrons. The second-order valence-corrected chi connectivity index (χ2v) is 1.77. The molecule has 1 atom stereocenters. The molecular weight excluding hydrogens is 137 g/mol. The Kier molecular flexibility index (Phi) is 3.46. The van der Waals surface area contributed by atoms with Crippen molar-refractivity contribution in [1.29, 1.82) is 0 Å². The summed E-state index contributed by atoms with van der Waals surface area (Å²) in [6.07, 6.45) is -0.803.